The Bertz CT molecular complexity index is 364. The molecule has 16 heavy (non-hydrogen) atoms. The van der Waals surface area contributed by atoms with Gasteiger partial charge in [-0.3, -0.25) is 0 Å². The molecule has 1 aromatic carbocycles. The molecule has 0 amide bonds. The highest BCUT2D eigenvalue weighted by molar-refractivity contribution is 7.99. The fourth-order valence-corrected chi connectivity index (χ4v) is 2.20. The Balaban J connectivity index is 2.41. The summed E-state index contributed by atoms with van der Waals surface area (Å²) >= 11 is 1.72. The van der Waals surface area contributed by atoms with Crippen LogP contribution in [0.3, 0.4) is 0 Å². The molecular formula is C13H16FNS. The van der Waals surface area contributed by atoms with Crippen molar-refractivity contribution in [2.75, 3.05) is 12.8 Å². The fourth-order valence-electron chi connectivity index (χ4n) is 1.20. The Morgan fingerprint density at radius 1 is 1.38 bits per heavy atom. The van der Waals surface area contributed by atoms with E-state index in [2.05, 4.69) is 17.2 Å². The molecule has 1 atom stereocenters. The second kappa shape index (κ2) is 7.32. The fraction of sp³-hybridized carbons (Fsp3) is 0.385. The van der Waals surface area contributed by atoms with Crippen LogP contribution in [0, 0.1) is 17.7 Å². The molecule has 0 aromatic heterocycles. The van der Waals surface area contributed by atoms with Crippen molar-refractivity contribution in [3.63, 3.8) is 0 Å². The molecule has 0 bridgehead atoms. The van der Waals surface area contributed by atoms with Gasteiger partial charge in [0.05, 0.1) is 0 Å². The van der Waals surface area contributed by atoms with E-state index < -0.39 is 0 Å². The predicted octanol–water partition coefficient (Wildman–Crippen LogP) is 2.92. The summed E-state index contributed by atoms with van der Waals surface area (Å²) in [6, 6.07) is 6.96. The van der Waals surface area contributed by atoms with E-state index in [1.807, 2.05) is 14.0 Å². The van der Waals surface area contributed by atoms with Gasteiger partial charge in [-0.05, 0) is 38.2 Å². The predicted molar refractivity (Wildman–Crippen MR) is 68.0 cm³/mol. The monoisotopic (exact) mass is 237 g/mol. The molecule has 1 N–H and O–H groups in total. The second-order valence-corrected chi connectivity index (χ2v) is 4.47. The van der Waals surface area contributed by atoms with Gasteiger partial charge in [-0.15, -0.1) is 23.6 Å². The van der Waals surface area contributed by atoms with Gasteiger partial charge in [-0.2, -0.15) is 0 Å². The van der Waals surface area contributed by atoms with Crippen LogP contribution in [0.25, 0.3) is 0 Å². The Labute approximate surface area is 101 Å². The molecule has 0 saturated carbocycles. The van der Waals surface area contributed by atoms with Crippen LogP contribution in [-0.2, 0) is 0 Å². The van der Waals surface area contributed by atoms with E-state index in [0.29, 0.717) is 6.04 Å². The minimum absolute atomic E-state index is 0.189. The molecule has 1 rings (SSSR count). The Morgan fingerprint density at radius 3 is 2.62 bits per heavy atom. The molecule has 1 nitrogen and oxygen atoms in total. The number of nitrogens with one attached hydrogen (secondary N) is 1. The van der Waals surface area contributed by atoms with Crippen molar-refractivity contribution in [1.82, 2.24) is 5.32 Å². The summed E-state index contributed by atoms with van der Waals surface area (Å²) in [4.78, 5) is 1.09. The quantitative estimate of drug-likeness (QED) is 0.624. The zero-order valence-electron chi connectivity index (χ0n) is 9.59. The average Bonchev–Trinajstić information content (AvgIpc) is 2.32. The largest absolute Gasteiger partial charge is 0.315 e. The van der Waals surface area contributed by atoms with E-state index in [4.69, 9.17) is 0 Å². The van der Waals surface area contributed by atoms with Crippen LogP contribution < -0.4 is 5.32 Å². The topological polar surface area (TPSA) is 12.0 Å². The summed E-state index contributed by atoms with van der Waals surface area (Å²) in [5, 5.41) is 3.22. The van der Waals surface area contributed by atoms with E-state index in [0.717, 1.165) is 17.1 Å². The lowest BCUT2D eigenvalue weighted by atomic mass is 10.2. The third kappa shape index (κ3) is 4.69. The van der Waals surface area contributed by atoms with Gasteiger partial charge in [0.2, 0.25) is 0 Å². The molecule has 0 saturated heterocycles. The van der Waals surface area contributed by atoms with Gasteiger partial charge in [0, 0.05) is 23.1 Å². The molecule has 0 heterocycles. The second-order valence-electron chi connectivity index (χ2n) is 3.38. The van der Waals surface area contributed by atoms with Crippen molar-refractivity contribution in [2.45, 2.75) is 24.3 Å². The molecule has 0 radical (unpaired) electrons. The van der Waals surface area contributed by atoms with Crippen molar-refractivity contribution in [3.8, 4) is 11.8 Å². The molecule has 0 spiro atoms. The zero-order chi connectivity index (χ0) is 11.8. The van der Waals surface area contributed by atoms with Gasteiger partial charge in [0.25, 0.3) is 0 Å². The zero-order valence-corrected chi connectivity index (χ0v) is 10.4. The lowest BCUT2D eigenvalue weighted by Crippen LogP contribution is -2.27. The van der Waals surface area contributed by atoms with Gasteiger partial charge < -0.3 is 5.32 Å². The first-order valence-corrected chi connectivity index (χ1v) is 6.20. The molecule has 1 aromatic rings. The van der Waals surface area contributed by atoms with Crippen molar-refractivity contribution in [2.24, 2.45) is 0 Å². The first-order valence-electron chi connectivity index (χ1n) is 5.21. The minimum Gasteiger partial charge on any atom is -0.315 e. The number of hydrogen-bond donors (Lipinski definition) is 1. The Morgan fingerprint density at radius 2 is 2.06 bits per heavy atom. The van der Waals surface area contributed by atoms with E-state index in [1.54, 1.807) is 23.9 Å². The molecule has 1 unspecified atom stereocenters. The van der Waals surface area contributed by atoms with E-state index in [1.165, 1.54) is 12.1 Å². The highest BCUT2D eigenvalue weighted by Crippen LogP contribution is 2.19. The molecule has 0 aliphatic rings. The maximum absolute atomic E-state index is 12.7. The van der Waals surface area contributed by atoms with E-state index >= 15 is 0 Å². The third-order valence-electron chi connectivity index (χ3n) is 2.20. The van der Waals surface area contributed by atoms with Gasteiger partial charge in [0.1, 0.15) is 5.82 Å². The number of rotatable bonds is 5. The Hall–Kier alpha value is -0.980. The summed E-state index contributed by atoms with van der Waals surface area (Å²) in [5.41, 5.74) is 0. The number of thioether (sulfide) groups is 1. The summed E-state index contributed by atoms with van der Waals surface area (Å²) in [6.45, 7) is 1.85. The van der Waals surface area contributed by atoms with Crippen LogP contribution in [0.4, 0.5) is 4.39 Å². The third-order valence-corrected chi connectivity index (χ3v) is 3.37. The number of hydrogen-bond acceptors (Lipinski definition) is 2. The van der Waals surface area contributed by atoms with Crippen LogP contribution in [0.1, 0.15) is 13.3 Å². The molecule has 0 fully saturated rings. The standard InChI is InChI=1S/C13H16FNS/c1-3-4-5-12(15-2)10-16-13-8-6-11(14)7-9-13/h6-9,12,15H,5,10H2,1-2H3. The number of halogens is 1. The van der Waals surface area contributed by atoms with E-state index in [9.17, 15) is 4.39 Å². The van der Waals surface area contributed by atoms with Crippen molar-refractivity contribution in [1.29, 1.82) is 0 Å². The minimum atomic E-state index is -0.189. The first-order chi connectivity index (χ1) is 7.76. The highest BCUT2D eigenvalue weighted by atomic mass is 32.2. The Kier molecular flexibility index (Phi) is 5.99. The van der Waals surface area contributed by atoms with Crippen LogP contribution in [0.15, 0.2) is 29.2 Å². The lowest BCUT2D eigenvalue weighted by Gasteiger charge is -2.12. The van der Waals surface area contributed by atoms with Crippen molar-refractivity contribution in [3.05, 3.63) is 30.1 Å². The van der Waals surface area contributed by atoms with Gasteiger partial charge in [0.15, 0.2) is 0 Å². The van der Waals surface area contributed by atoms with Crippen LogP contribution in [0.2, 0.25) is 0 Å². The summed E-state index contributed by atoms with van der Waals surface area (Å²) in [5.74, 6) is 6.70. The maximum atomic E-state index is 12.7. The van der Waals surface area contributed by atoms with Crippen molar-refractivity contribution < 1.29 is 4.39 Å². The molecule has 86 valence electrons. The van der Waals surface area contributed by atoms with Crippen LogP contribution >= 0.6 is 11.8 Å². The SMILES string of the molecule is CC#CCC(CSc1ccc(F)cc1)NC. The summed E-state index contributed by atoms with van der Waals surface area (Å²) < 4.78 is 12.7. The molecule has 3 heteroatoms. The van der Waals surface area contributed by atoms with E-state index in [-0.39, 0.29) is 5.82 Å². The summed E-state index contributed by atoms with van der Waals surface area (Å²) in [7, 11) is 1.94. The first kappa shape index (κ1) is 13.1. The highest BCUT2D eigenvalue weighted by Gasteiger charge is 2.04. The normalized spacial score (nSPS) is 11.7. The van der Waals surface area contributed by atoms with Gasteiger partial charge in [-0.25, -0.2) is 4.39 Å². The maximum Gasteiger partial charge on any atom is 0.123 e. The molecular weight excluding hydrogens is 221 g/mol. The summed E-state index contributed by atoms with van der Waals surface area (Å²) in [6.07, 6.45) is 0.848. The number of benzene rings is 1. The van der Waals surface area contributed by atoms with Crippen molar-refractivity contribution >= 4 is 11.8 Å². The van der Waals surface area contributed by atoms with Crippen LogP contribution in [-0.4, -0.2) is 18.8 Å². The average molecular weight is 237 g/mol. The van der Waals surface area contributed by atoms with Crippen LogP contribution in [0.5, 0.6) is 0 Å². The van der Waals surface area contributed by atoms with Gasteiger partial charge >= 0.3 is 0 Å². The van der Waals surface area contributed by atoms with Gasteiger partial charge in [-0.1, -0.05) is 0 Å². The smallest absolute Gasteiger partial charge is 0.123 e. The molecule has 0 aliphatic heterocycles. The lowest BCUT2D eigenvalue weighted by molar-refractivity contribution is 0.626. The molecule has 0 aliphatic carbocycles.